The number of hydrogen-bond acceptors (Lipinski definition) is 7. The number of thioether (sulfide) groups is 1. The van der Waals surface area contributed by atoms with E-state index >= 15 is 0 Å². The molecular weight excluding hydrogens is 428 g/mol. The number of para-hydroxylation sites is 1. The minimum Gasteiger partial charge on any atom is -0.497 e. The number of furan rings is 1. The number of rotatable bonds is 7. The van der Waals surface area contributed by atoms with Crippen LogP contribution >= 0.6 is 11.8 Å². The fourth-order valence-electron chi connectivity index (χ4n) is 3.02. The highest BCUT2D eigenvalue weighted by Crippen LogP contribution is 2.22. The van der Waals surface area contributed by atoms with Crippen molar-refractivity contribution in [3.63, 3.8) is 0 Å². The predicted octanol–water partition coefficient (Wildman–Crippen LogP) is 3.54. The van der Waals surface area contributed by atoms with Crippen molar-refractivity contribution >= 4 is 34.8 Å². The van der Waals surface area contributed by atoms with Crippen LogP contribution in [0.15, 0.2) is 80.1 Å². The van der Waals surface area contributed by atoms with Crippen molar-refractivity contribution in [2.45, 2.75) is 12.1 Å². The SMILES string of the molecule is COc1ccc(-n2c(SCC(=O)NN=Cc3ccc(C)o3)nc3ccccc3c2=O)cc1. The summed E-state index contributed by atoms with van der Waals surface area (Å²) in [4.78, 5) is 30.1. The molecule has 4 rings (SSSR count). The number of carbonyl (C=O) groups excluding carboxylic acids is 1. The quantitative estimate of drug-likeness (QED) is 0.201. The number of nitrogens with zero attached hydrogens (tertiary/aromatic N) is 3. The Labute approximate surface area is 187 Å². The average Bonchev–Trinajstić information content (AvgIpc) is 3.23. The number of carbonyl (C=O) groups is 1. The van der Waals surface area contributed by atoms with Crippen molar-refractivity contribution in [1.82, 2.24) is 15.0 Å². The normalized spacial score (nSPS) is 11.2. The van der Waals surface area contributed by atoms with E-state index in [9.17, 15) is 9.59 Å². The van der Waals surface area contributed by atoms with Crippen LogP contribution in [0.4, 0.5) is 0 Å². The monoisotopic (exact) mass is 448 g/mol. The van der Waals surface area contributed by atoms with Gasteiger partial charge in [0.05, 0.1) is 35.7 Å². The van der Waals surface area contributed by atoms with Gasteiger partial charge in [0.2, 0.25) is 0 Å². The number of aryl methyl sites for hydroxylation is 1. The molecule has 0 atom stereocenters. The molecule has 1 N–H and O–H groups in total. The van der Waals surface area contributed by atoms with E-state index in [1.54, 1.807) is 55.6 Å². The number of methoxy groups -OCH3 is 1. The molecule has 32 heavy (non-hydrogen) atoms. The number of fused-ring (bicyclic) bond motifs is 1. The molecule has 0 bridgehead atoms. The van der Waals surface area contributed by atoms with Crippen molar-refractivity contribution in [1.29, 1.82) is 0 Å². The molecule has 2 heterocycles. The van der Waals surface area contributed by atoms with Gasteiger partial charge in [0.1, 0.15) is 17.3 Å². The molecule has 0 radical (unpaired) electrons. The van der Waals surface area contributed by atoms with Gasteiger partial charge in [-0.2, -0.15) is 5.10 Å². The summed E-state index contributed by atoms with van der Waals surface area (Å²) >= 11 is 1.15. The predicted molar refractivity (Wildman–Crippen MR) is 124 cm³/mol. The van der Waals surface area contributed by atoms with Crippen LogP contribution in [0.5, 0.6) is 5.75 Å². The lowest BCUT2D eigenvalue weighted by Gasteiger charge is -2.13. The second-order valence-electron chi connectivity index (χ2n) is 6.78. The Morgan fingerprint density at radius 3 is 2.69 bits per heavy atom. The van der Waals surface area contributed by atoms with Gasteiger partial charge >= 0.3 is 0 Å². The lowest BCUT2D eigenvalue weighted by atomic mass is 10.2. The number of amides is 1. The Bertz CT molecular complexity index is 1340. The van der Waals surface area contributed by atoms with E-state index in [-0.39, 0.29) is 17.2 Å². The van der Waals surface area contributed by atoms with E-state index in [4.69, 9.17) is 9.15 Å². The molecule has 0 unspecified atom stereocenters. The average molecular weight is 449 g/mol. The van der Waals surface area contributed by atoms with Crippen molar-refractivity contribution in [3.8, 4) is 11.4 Å². The molecule has 0 aliphatic rings. The molecule has 4 aromatic rings. The highest BCUT2D eigenvalue weighted by Gasteiger charge is 2.15. The summed E-state index contributed by atoms with van der Waals surface area (Å²) in [6, 6.07) is 17.8. The van der Waals surface area contributed by atoms with Crippen molar-refractivity contribution < 1.29 is 13.9 Å². The first kappa shape index (κ1) is 21.4. The third kappa shape index (κ3) is 4.73. The number of aromatic nitrogens is 2. The Morgan fingerprint density at radius 1 is 1.19 bits per heavy atom. The molecule has 2 aromatic carbocycles. The fraction of sp³-hybridized carbons (Fsp3) is 0.130. The zero-order valence-electron chi connectivity index (χ0n) is 17.4. The van der Waals surface area contributed by atoms with Gasteiger partial charge in [0.15, 0.2) is 5.16 Å². The van der Waals surface area contributed by atoms with E-state index in [0.717, 1.165) is 17.5 Å². The standard InChI is InChI=1S/C23H20N4O4S/c1-15-7-10-18(31-15)13-24-26-21(28)14-32-23-25-20-6-4-3-5-19(20)22(29)27(23)16-8-11-17(30-2)12-9-16/h3-13H,14H2,1-2H3,(H,26,28). The van der Waals surface area contributed by atoms with Gasteiger partial charge < -0.3 is 9.15 Å². The van der Waals surface area contributed by atoms with Crippen molar-refractivity contribution in [2.24, 2.45) is 5.10 Å². The summed E-state index contributed by atoms with van der Waals surface area (Å²) in [5, 5.41) is 4.80. The molecule has 0 fully saturated rings. The Hall–Kier alpha value is -3.85. The second-order valence-corrected chi connectivity index (χ2v) is 7.72. The minimum atomic E-state index is -0.335. The Kier molecular flexibility index (Phi) is 6.37. The Morgan fingerprint density at radius 2 is 1.97 bits per heavy atom. The third-order valence-electron chi connectivity index (χ3n) is 4.55. The first-order valence-corrected chi connectivity index (χ1v) is 10.7. The van der Waals surface area contributed by atoms with Crippen LogP contribution in [0.2, 0.25) is 0 Å². The molecule has 8 nitrogen and oxygen atoms in total. The summed E-state index contributed by atoms with van der Waals surface area (Å²) < 4.78 is 12.1. The van der Waals surface area contributed by atoms with Crippen LogP contribution in [-0.4, -0.2) is 34.5 Å². The van der Waals surface area contributed by atoms with Gasteiger partial charge in [-0.25, -0.2) is 10.4 Å². The molecule has 2 aromatic heterocycles. The van der Waals surface area contributed by atoms with Crippen LogP contribution in [-0.2, 0) is 4.79 Å². The zero-order chi connectivity index (χ0) is 22.5. The highest BCUT2D eigenvalue weighted by molar-refractivity contribution is 7.99. The number of nitrogens with one attached hydrogen (secondary N) is 1. The molecule has 1 amide bonds. The maximum Gasteiger partial charge on any atom is 0.266 e. The summed E-state index contributed by atoms with van der Waals surface area (Å²) in [6.45, 7) is 1.82. The molecular formula is C23H20N4O4S. The maximum atomic E-state index is 13.2. The second kappa shape index (κ2) is 9.52. The van der Waals surface area contributed by atoms with Crippen LogP contribution < -0.4 is 15.7 Å². The van der Waals surface area contributed by atoms with Gasteiger partial charge in [-0.15, -0.1) is 0 Å². The molecule has 0 spiro atoms. The molecule has 0 saturated carbocycles. The minimum absolute atomic E-state index is 0.0233. The largest absolute Gasteiger partial charge is 0.497 e. The fourth-order valence-corrected chi connectivity index (χ4v) is 3.83. The van der Waals surface area contributed by atoms with Gasteiger partial charge in [0, 0.05) is 0 Å². The molecule has 9 heteroatoms. The maximum absolute atomic E-state index is 13.2. The van der Waals surface area contributed by atoms with E-state index in [0.29, 0.717) is 33.3 Å². The number of benzene rings is 2. The van der Waals surface area contributed by atoms with Gasteiger partial charge in [-0.05, 0) is 55.5 Å². The lowest BCUT2D eigenvalue weighted by Crippen LogP contribution is -2.24. The van der Waals surface area contributed by atoms with Gasteiger partial charge in [-0.1, -0.05) is 23.9 Å². The third-order valence-corrected chi connectivity index (χ3v) is 5.49. The number of ether oxygens (including phenoxy) is 1. The Balaban J connectivity index is 1.58. The van der Waals surface area contributed by atoms with Gasteiger partial charge in [0.25, 0.3) is 11.5 Å². The smallest absolute Gasteiger partial charge is 0.266 e. The number of hydrazone groups is 1. The van der Waals surface area contributed by atoms with Gasteiger partial charge in [-0.3, -0.25) is 14.2 Å². The first-order valence-electron chi connectivity index (χ1n) is 9.72. The molecule has 0 aliphatic carbocycles. The summed E-state index contributed by atoms with van der Waals surface area (Å²) in [6.07, 6.45) is 1.43. The van der Waals surface area contributed by atoms with Crippen molar-refractivity contribution in [3.05, 3.63) is 82.5 Å². The van der Waals surface area contributed by atoms with Crippen LogP contribution in [0.25, 0.3) is 16.6 Å². The van der Waals surface area contributed by atoms with E-state index < -0.39 is 0 Å². The lowest BCUT2D eigenvalue weighted by molar-refractivity contribution is -0.118. The van der Waals surface area contributed by atoms with E-state index in [1.807, 2.05) is 19.1 Å². The summed E-state index contributed by atoms with van der Waals surface area (Å²) in [5.74, 6) is 1.66. The topological polar surface area (TPSA) is 98.7 Å². The first-order chi connectivity index (χ1) is 15.5. The molecule has 0 aliphatic heterocycles. The van der Waals surface area contributed by atoms with E-state index in [2.05, 4.69) is 15.5 Å². The van der Waals surface area contributed by atoms with Crippen molar-refractivity contribution in [2.75, 3.05) is 12.9 Å². The molecule has 0 saturated heterocycles. The number of hydrogen-bond donors (Lipinski definition) is 1. The van der Waals surface area contributed by atoms with Crippen LogP contribution in [0.1, 0.15) is 11.5 Å². The van der Waals surface area contributed by atoms with E-state index in [1.165, 1.54) is 10.8 Å². The van der Waals surface area contributed by atoms with Crippen LogP contribution in [0.3, 0.4) is 0 Å². The highest BCUT2D eigenvalue weighted by atomic mass is 32.2. The molecule has 162 valence electrons. The summed E-state index contributed by atoms with van der Waals surface area (Å²) in [5.41, 5.74) is 3.44. The van der Waals surface area contributed by atoms with Crippen LogP contribution in [0, 0.1) is 6.92 Å². The summed E-state index contributed by atoms with van der Waals surface area (Å²) in [7, 11) is 1.58. The zero-order valence-corrected chi connectivity index (χ0v) is 18.3.